The molecule has 0 aromatic heterocycles. The summed E-state index contributed by atoms with van der Waals surface area (Å²) in [5.74, 6) is 1.17. The molecule has 1 aromatic carbocycles. The molecule has 0 spiro atoms. The zero-order chi connectivity index (χ0) is 12.7. The van der Waals surface area contributed by atoms with Crippen LogP contribution in [0.25, 0.3) is 0 Å². The zero-order valence-electron chi connectivity index (χ0n) is 10.2. The Bertz CT molecular complexity index is 353. The van der Waals surface area contributed by atoms with Crippen LogP contribution in [0.2, 0.25) is 0 Å². The Kier molecular flexibility index (Phi) is 6.18. The van der Waals surface area contributed by atoms with Crippen LogP contribution in [-0.4, -0.2) is 28.2 Å². The molecular weight excluding hydrogens is 238 g/mol. The van der Waals surface area contributed by atoms with Gasteiger partial charge < -0.3 is 14.6 Å². The Balaban J connectivity index is 2.35. The molecule has 0 aliphatic carbocycles. The Morgan fingerprint density at radius 1 is 1.41 bits per heavy atom. The molecule has 2 atom stereocenters. The van der Waals surface area contributed by atoms with Crippen molar-refractivity contribution in [3.05, 3.63) is 29.8 Å². The third-order valence-corrected chi connectivity index (χ3v) is 3.20. The lowest BCUT2D eigenvalue weighted by molar-refractivity contribution is 0.414. The van der Waals surface area contributed by atoms with Crippen LogP contribution in [0.5, 0.6) is 5.75 Å². The maximum atomic E-state index is 10.5. The molecule has 2 N–H and O–H groups in total. The number of benzene rings is 1. The predicted molar refractivity (Wildman–Crippen MR) is 69.7 cm³/mol. The summed E-state index contributed by atoms with van der Waals surface area (Å²) in [4.78, 5) is 0. The Labute approximate surface area is 105 Å². The summed E-state index contributed by atoms with van der Waals surface area (Å²) in [6.07, 6.45) is 0.698. The van der Waals surface area contributed by atoms with Crippen molar-refractivity contribution in [2.24, 2.45) is 0 Å². The lowest BCUT2D eigenvalue weighted by Crippen LogP contribution is -2.21. The highest BCUT2D eigenvalue weighted by atomic mass is 32.2. The van der Waals surface area contributed by atoms with Gasteiger partial charge in [-0.05, 0) is 37.6 Å². The SMILES string of the molecule is COc1ccc(C(C)NCCCS(=O)O)cc1. The molecule has 1 aromatic rings. The van der Waals surface area contributed by atoms with Crippen LogP contribution < -0.4 is 10.1 Å². The van der Waals surface area contributed by atoms with Crippen LogP contribution in [0.1, 0.15) is 24.9 Å². The third-order valence-electron chi connectivity index (χ3n) is 2.56. The van der Waals surface area contributed by atoms with Gasteiger partial charge in [-0.15, -0.1) is 0 Å². The van der Waals surface area contributed by atoms with Crippen LogP contribution in [0.4, 0.5) is 0 Å². The summed E-state index contributed by atoms with van der Waals surface area (Å²) in [7, 11) is 1.64. The topological polar surface area (TPSA) is 58.6 Å². The molecule has 0 bridgehead atoms. The lowest BCUT2D eigenvalue weighted by Gasteiger charge is -2.14. The predicted octanol–water partition coefficient (Wildman–Crippen LogP) is 1.96. The minimum absolute atomic E-state index is 0.230. The van der Waals surface area contributed by atoms with Crippen molar-refractivity contribution in [3.8, 4) is 5.75 Å². The van der Waals surface area contributed by atoms with Crippen LogP contribution in [0.15, 0.2) is 24.3 Å². The van der Waals surface area contributed by atoms with Gasteiger partial charge in [0.25, 0.3) is 0 Å². The minimum Gasteiger partial charge on any atom is -0.497 e. The second kappa shape index (κ2) is 7.42. The molecule has 0 radical (unpaired) electrons. The normalized spacial score (nSPS) is 14.3. The van der Waals surface area contributed by atoms with E-state index in [2.05, 4.69) is 12.2 Å². The van der Waals surface area contributed by atoms with E-state index >= 15 is 0 Å². The average Bonchev–Trinajstić information content (AvgIpc) is 2.34. The van der Waals surface area contributed by atoms with Crippen molar-refractivity contribution in [2.75, 3.05) is 19.4 Å². The molecule has 5 heteroatoms. The van der Waals surface area contributed by atoms with E-state index in [0.29, 0.717) is 12.2 Å². The summed E-state index contributed by atoms with van der Waals surface area (Å²) >= 11 is -1.69. The summed E-state index contributed by atoms with van der Waals surface area (Å²) in [5, 5.41) is 3.31. The third kappa shape index (κ3) is 5.30. The molecule has 2 unspecified atom stereocenters. The Morgan fingerprint density at radius 2 is 2.06 bits per heavy atom. The van der Waals surface area contributed by atoms with E-state index in [1.54, 1.807) is 7.11 Å². The number of nitrogens with one attached hydrogen (secondary N) is 1. The van der Waals surface area contributed by atoms with E-state index < -0.39 is 11.1 Å². The van der Waals surface area contributed by atoms with Crippen molar-refractivity contribution < 1.29 is 13.5 Å². The fourth-order valence-electron chi connectivity index (χ4n) is 1.52. The molecule has 0 amide bonds. The molecule has 0 heterocycles. The van der Waals surface area contributed by atoms with E-state index in [-0.39, 0.29) is 6.04 Å². The van der Waals surface area contributed by atoms with Gasteiger partial charge in [-0.2, -0.15) is 0 Å². The quantitative estimate of drug-likeness (QED) is 0.579. The fraction of sp³-hybridized carbons (Fsp3) is 0.500. The largest absolute Gasteiger partial charge is 0.497 e. The molecule has 96 valence electrons. The minimum atomic E-state index is -1.69. The van der Waals surface area contributed by atoms with E-state index in [4.69, 9.17) is 9.29 Å². The van der Waals surface area contributed by atoms with Crippen LogP contribution in [0.3, 0.4) is 0 Å². The second-order valence-electron chi connectivity index (χ2n) is 3.83. The summed E-state index contributed by atoms with van der Waals surface area (Å²) in [6.45, 7) is 2.80. The van der Waals surface area contributed by atoms with E-state index in [9.17, 15) is 4.21 Å². The Hall–Kier alpha value is -0.910. The van der Waals surface area contributed by atoms with Crippen LogP contribution >= 0.6 is 0 Å². The van der Waals surface area contributed by atoms with Gasteiger partial charge in [0.1, 0.15) is 5.75 Å². The number of ether oxygens (including phenoxy) is 1. The molecule has 17 heavy (non-hydrogen) atoms. The zero-order valence-corrected chi connectivity index (χ0v) is 11.0. The first-order valence-electron chi connectivity index (χ1n) is 5.58. The first kappa shape index (κ1) is 14.2. The monoisotopic (exact) mass is 257 g/mol. The van der Waals surface area contributed by atoms with E-state index in [1.807, 2.05) is 24.3 Å². The summed E-state index contributed by atoms with van der Waals surface area (Å²) < 4.78 is 24.2. The molecule has 0 aliphatic heterocycles. The maximum absolute atomic E-state index is 10.5. The first-order chi connectivity index (χ1) is 8.13. The standard InChI is InChI=1S/C12H19NO3S/c1-10(13-8-3-9-17(14)15)11-4-6-12(16-2)7-5-11/h4-7,10,13H,3,8-9H2,1-2H3,(H,14,15). The van der Waals surface area contributed by atoms with E-state index in [1.165, 1.54) is 5.56 Å². The molecular formula is C12H19NO3S. The highest BCUT2D eigenvalue weighted by molar-refractivity contribution is 7.79. The van der Waals surface area contributed by atoms with Crippen molar-refractivity contribution in [2.45, 2.75) is 19.4 Å². The number of hydrogen-bond acceptors (Lipinski definition) is 3. The summed E-state index contributed by atoms with van der Waals surface area (Å²) in [5.41, 5.74) is 1.18. The highest BCUT2D eigenvalue weighted by Gasteiger charge is 2.04. The van der Waals surface area contributed by atoms with Crippen molar-refractivity contribution in [1.82, 2.24) is 5.32 Å². The molecule has 0 saturated carbocycles. The number of hydrogen-bond donors (Lipinski definition) is 2. The van der Waals surface area contributed by atoms with Crippen LogP contribution in [0, 0.1) is 0 Å². The molecule has 0 saturated heterocycles. The number of methoxy groups -OCH3 is 1. The average molecular weight is 257 g/mol. The summed E-state index contributed by atoms with van der Waals surface area (Å²) in [6, 6.07) is 8.11. The van der Waals surface area contributed by atoms with Gasteiger partial charge >= 0.3 is 0 Å². The van der Waals surface area contributed by atoms with Gasteiger partial charge in [0.15, 0.2) is 11.1 Å². The lowest BCUT2D eigenvalue weighted by atomic mass is 10.1. The van der Waals surface area contributed by atoms with Gasteiger partial charge in [-0.3, -0.25) is 0 Å². The highest BCUT2D eigenvalue weighted by Crippen LogP contribution is 2.16. The Morgan fingerprint density at radius 3 is 2.59 bits per heavy atom. The molecule has 0 fully saturated rings. The van der Waals surface area contributed by atoms with Crippen molar-refractivity contribution in [1.29, 1.82) is 0 Å². The maximum Gasteiger partial charge on any atom is 0.152 e. The first-order valence-corrected chi connectivity index (χ1v) is 6.86. The second-order valence-corrected chi connectivity index (χ2v) is 4.88. The van der Waals surface area contributed by atoms with Gasteiger partial charge in [0, 0.05) is 6.04 Å². The van der Waals surface area contributed by atoms with Gasteiger partial charge in [-0.1, -0.05) is 12.1 Å². The number of rotatable bonds is 7. The van der Waals surface area contributed by atoms with Crippen molar-refractivity contribution >= 4 is 11.1 Å². The van der Waals surface area contributed by atoms with Crippen molar-refractivity contribution in [3.63, 3.8) is 0 Å². The van der Waals surface area contributed by atoms with Gasteiger partial charge in [0.05, 0.1) is 12.9 Å². The smallest absolute Gasteiger partial charge is 0.152 e. The fourth-order valence-corrected chi connectivity index (χ4v) is 1.92. The molecule has 4 nitrogen and oxygen atoms in total. The molecule has 1 rings (SSSR count). The van der Waals surface area contributed by atoms with Gasteiger partial charge in [-0.25, -0.2) is 4.21 Å². The van der Waals surface area contributed by atoms with E-state index in [0.717, 1.165) is 12.3 Å². The van der Waals surface area contributed by atoms with Crippen LogP contribution in [-0.2, 0) is 11.1 Å². The van der Waals surface area contributed by atoms with Gasteiger partial charge in [0.2, 0.25) is 0 Å². The molecule has 0 aliphatic rings.